The van der Waals surface area contributed by atoms with E-state index in [-0.39, 0.29) is 17.5 Å². The van der Waals surface area contributed by atoms with Crippen LogP contribution in [0.2, 0.25) is 0 Å². The van der Waals surface area contributed by atoms with Crippen LogP contribution in [0.15, 0.2) is 4.99 Å². The van der Waals surface area contributed by atoms with Crippen molar-refractivity contribution in [3.63, 3.8) is 0 Å². The van der Waals surface area contributed by atoms with Gasteiger partial charge in [0, 0.05) is 0 Å². The van der Waals surface area contributed by atoms with Crippen molar-refractivity contribution in [2.45, 2.75) is 51.6 Å². The van der Waals surface area contributed by atoms with Gasteiger partial charge in [0.25, 0.3) is 0 Å². The number of nitrogens with zero attached hydrogens (tertiary/aromatic N) is 2. The van der Waals surface area contributed by atoms with Gasteiger partial charge in [0.05, 0.1) is 6.04 Å². The smallest absolute Gasteiger partial charge is 0.347 e. The van der Waals surface area contributed by atoms with Gasteiger partial charge in [-0.3, -0.25) is 4.90 Å². The lowest BCUT2D eigenvalue weighted by molar-refractivity contribution is 0.153. The van der Waals surface area contributed by atoms with E-state index in [0.29, 0.717) is 5.84 Å². The number of rotatable bonds is 1. The fraction of sp³-hybridized carbons (Fsp3) is 0.692. The summed E-state index contributed by atoms with van der Waals surface area (Å²) in [6, 6.07) is -0.549. The molecule has 4 nitrogen and oxygen atoms in total. The van der Waals surface area contributed by atoms with Crippen LogP contribution in [-0.4, -0.2) is 28.3 Å². The maximum Gasteiger partial charge on any atom is 0.347 e. The lowest BCUT2D eigenvalue weighted by Gasteiger charge is -2.37. The third kappa shape index (κ3) is 1.61. The van der Waals surface area contributed by atoms with Gasteiger partial charge >= 0.3 is 6.03 Å². The highest BCUT2D eigenvalue weighted by Crippen LogP contribution is 2.49. The van der Waals surface area contributed by atoms with Gasteiger partial charge in [0.15, 0.2) is 0 Å². The van der Waals surface area contributed by atoms with Crippen molar-refractivity contribution in [3.8, 4) is 12.3 Å². The first-order chi connectivity index (χ1) is 7.82. The van der Waals surface area contributed by atoms with E-state index in [0.717, 1.165) is 19.3 Å². The van der Waals surface area contributed by atoms with E-state index in [9.17, 15) is 4.79 Å². The number of carbonyl (C=O) groups is 1. The number of hydrogen-bond acceptors (Lipinski definition) is 2. The normalized spacial score (nSPS) is 32.7. The molecule has 2 amide bonds. The molecule has 92 valence electrons. The maximum atomic E-state index is 11.9. The van der Waals surface area contributed by atoms with Crippen LogP contribution in [0.1, 0.15) is 40.0 Å². The Morgan fingerprint density at radius 1 is 1.53 bits per heavy atom. The Kier molecular flexibility index (Phi) is 2.46. The summed E-state index contributed by atoms with van der Waals surface area (Å²) in [5.41, 5.74) is 5.73. The molecule has 0 aromatic rings. The van der Waals surface area contributed by atoms with Crippen LogP contribution in [0.4, 0.5) is 4.79 Å². The lowest BCUT2D eigenvalue weighted by Crippen LogP contribution is -2.55. The number of terminal acetylenes is 1. The number of hydrogen-bond donors (Lipinski definition) is 1. The van der Waals surface area contributed by atoms with Gasteiger partial charge in [-0.15, -0.1) is 6.42 Å². The summed E-state index contributed by atoms with van der Waals surface area (Å²) < 4.78 is 0. The average Bonchev–Trinajstić information content (AvgIpc) is 2.66. The molecule has 0 bridgehead atoms. The van der Waals surface area contributed by atoms with Crippen LogP contribution in [-0.2, 0) is 0 Å². The third-order valence-electron chi connectivity index (χ3n) is 3.97. The van der Waals surface area contributed by atoms with Gasteiger partial charge in [-0.25, -0.2) is 4.79 Å². The van der Waals surface area contributed by atoms with E-state index in [1.165, 1.54) is 0 Å². The molecular formula is C13H19N3O. The molecule has 2 N–H and O–H groups in total. The molecule has 0 saturated heterocycles. The van der Waals surface area contributed by atoms with Crippen molar-refractivity contribution < 1.29 is 4.79 Å². The number of carbonyl (C=O) groups excluding carboxylic acids is 1. The quantitative estimate of drug-likeness (QED) is 0.701. The van der Waals surface area contributed by atoms with Gasteiger partial charge in [-0.1, -0.05) is 19.8 Å². The molecule has 4 heteroatoms. The van der Waals surface area contributed by atoms with Gasteiger partial charge < -0.3 is 5.73 Å². The van der Waals surface area contributed by atoms with Crippen molar-refractivity contribution in [1.29, 1.82) is 0 Å². The Morgan fingerprint density at radius 3 is 2.65 bits per heavy atom. The van der Waals surface area contributed by atoms with E-state index in [4.69, 9.17) is 12.2 Å². The van der Waals surface area contributed by atoms with E-state index < -0.39 is 5.54 Å². The highest BCUT2D eigenvalue weighted by molar-refractivity contribution is 6.06. The molecule has 0 radical (unpaired) electrons. The fourth-order valence-corrected chi connectivity index (χ4v) is 3.12. The summed E-state index contributed by atoms with van der Waals surface area (Å²) in [6.07, 6.45) is 8.17. The van der Waals surface area contributed by atoms with Crippen LogP contribution in [0, 0.1) is 17.8 Å². The Bertz CT molecular complexity index is 432. The molecule has 1 heterocycles. The Balaban J connectivity index is 2.41. The summed E-state index contributed by atoms with van der Waals surface area (Å²) in [6.45, 7) is 6.23. The average molecular weight is 233 g/mol. The molecule has 2 unspecified atom stereocenters. The van der Waals surface area contributed by atoms with Gasteiger partial charge in [-0.05, 0) is 31.6 Å². The summed E-state index contributed by atoms with van der Waals surface area (Å²) in [4.78, 5) is 17.5. The van der Waals surface area contributed by atoms with E-state index in [1.54, 1.807) is 4.90 Å². The van der Waals surface area contributed by atoms with Gasteiger partial charge in [0.2, 0.25) is 0 Å². The molecule has 0 aromatic heterocycles. The minimum absolute atomic E-state index is 0.178. The summed E-state index contributed by atoms with van der Waals surface area (Å²) >= 11 is 0. The van der Waals surface area contributed by atoms with Crippen LogP contribution >= 0.6 is 0 Å². The minimum atomic E-state index is -0.438. The van der Waals surface area contributed by atoms with Crippen molar-refractivity contribution in [1.82, 2.24) is 4.90 Å². The molecule has 17 heavy (non-hydrogen) atoms. The van der Waals surface area contributed by atoms with Crippen LogP contribution in [0.3, 0.4) is 0 Å². The van der Waals surface area contributed by atoms with E-state index in [1.807, 2.05) is 6.92 Å². The highest BCUT2D eigenvalue weighted by Gasteiger charge is 2.56. The zero-order valence-corrected chi connectivity index (χ0v) is 10.7. The zero-order chi connectivity index (χ0) is 12.8. The van der Waals surface area contributed by atoms with E-state index in [2.05, 4.69) is 24.8 Å². The second-order valence-corrected chi connectivity index (χ2v) is 5.86. The Hall–Kier alpha value is -1.50. The SMILES string of the molecule is C#CC(C)N1C(=O)N=C(N)C12CCC(C)(C)C2. The number of amides is 2. The van der Waals surface area contributed by atoms with Crippen molar-refractivity contribution in [3.05, 3.63) is 0 Å². The second-order valence-electron chi connectivity index (χ2n) is 5.86. The molecule has 1 saturated carbocycles. The van der Waals surface area contributed by atoms with Gasteiger partial charge in [0.1, 0.15) is 11.4 Å². The first-order valence-electron chi connectivity index (χ1n) is 5.96. The number of nitrogens with two attached hydrogens (primary N) is 1. The first-order valence-corrected chi connectivity index (χ1v) is 5.96. The van der Waals surface area contributed by atoms with Gasteiger partial charge in [-0.2, -0.15) is 4.99 Å². The second kappa shape index (κ2) is 3.49. The lowest BCUT2D eigenvalue weighted by atomic mass is 9.86. The number of urea groups is 1. The summed E-state index contributed by atoms with van der Waals surface area (Å²) in [5, 5.41) is 0. The molecular weight excluding hydrogens is 214 g/mol. The molecule has 1 aliphatic carbocycles. The first kappa shape index (κ1) is 12.0. The van der Waals surface area contributed by atoms with E-state index >= 15 is 0 Å². The van der Waals surface area contributed by atoms with Crippen molar-refractivity contribution in [2.24, 2.45) is 16.1 Å². The highest BCUT2D eigenvalue weighted by atomic mass is 16.2. The largest absolute Gasteiger partial charge is 0.385 e. The summed E-state index contributed by atoms with van der Waals surface area (Å²) in [5.74, 6) is 3.05. The maximum absolute atomic E-state index is 11.9. The predicted molar refractivity (Wildman–Crippen MR) is 67.5 cm³/mol. The summed E-state index contributed by atoms with van der Waals surface area (Å²) in [7, 11) is 0. The Labute approximate surface area is 102 Å². The van der Waals surface area contributed by atoms with Crippen LogP contribution in [0.25, 0.3) is 0 Å². The number of aliphatic imine (C=N–C) groups is 1. The third-order valence-corrected chi connectivity index (χ3v) is 3.97. The molecule has 1 aliphatic heterocycles. The van der Waals surface area contributed by atoms with Crippen LogP contribution < -0.4 is 5.73 Å². The number of amidine groups is 1. The molecule has 0 aromatic carbocycles. The molecule has 2 aliphatic rings. The topological polar surface area (TPSA) is 58.7 Å². The monoisotopic (exact) mass is 233 g/mol. The molecule has 1 fully saturated rings. The fourth-order valence-electron chi connectivity index (χ4n) is 3.12. The van der Waals surface area contributed by atoms with Crippen molar-refractivity contribution in [2.75, 3.05) is 0 Å². The predicted octanol–water partition coefficient (Wildman–Crippen LogP) is 1.75. The standard InChI is InChI=1S/C13H19N3O/c1-5-9(2)16-11(17)15-10(14)13(16)7-6-12(3,4)8-13/h1,9H,6-8H2,2-4H3,(H2,14,15,17). The minimum Gasteiger partial charge on any atom is -0.385 e. The van der Waals surface area contributed by atoms with Crippen LogP contribution in [0.5, 0.6) is 0 Å². The molecule has 1 spiro atoms. The molecule has 2 rings (SSSR count). The zero-order valence-electron chi connectivity index (χ0n) is 10.7. The van der Waals surface area contributed by atoms with Crippen molar-refractivity contribution >= 4 is 11.9 Å². The Morgan fingerprint density at radius 2 is 2.18 bits per heavy atom. The molecule has 2 atom stereocenters.